The maximum Gasteiger partial charge on any atom is 0.123 e. The molecule has 0 aliphatic rings. The van der Waals surface area contributed by atoms with Crippen LogP contribution >= 0.6 is 0 Å². The third kappa shape index (κ3) is 4.44. The Kier molecular flexibility index (Phi) is 5.54. The number of hydrogen-bond donors (Lipinski definition) is 2. The molecular formula is C16H20N2O3. The lowest BCUT2D eigenvalue weighted by Gasteiger charge is -2.22. The first-order valence-electron chi connectivity index (χ1n) is 6.81. The molecule has 0 unspecified atom stereocenters. The second kappa shape index (κ2) is 7.61. The zero-order valence-electron chi connectivity index (χ0n) is 12.1. The molecule has 0 aliphatic carbocycles. The third-order valence-electron chi connectivity index (χ3n) is 3.23. The monoisotopic (exact) mass is 288 g/mol. The van der Waals surface area contributed by atoms with Gasteiger partial charge in [-0.05, 0) is 17.7 Å². The van der Waals surface area contributed by atoms with Crippen LogP contribution in [0.2, 0.25) is 0 Å². The van der Waals surface area contributed by atoms with Gasteiger partial charge in [-0.1, -0.05) is 12.1 Å². The summed E-state index contributed by atoms with van der Waals surface area (Å²) in [6.07, 6.45) is 3.54. The summed E-state index contributed by atoms with van der Waals surface area (Å²) >= 11 is 0. The molecule has 0 saturated heterocycles. The number of benzene rings is 1. The fourth-order valence-electron chi connectivity index (χ4n) is 2.15. The van der Waals surface area contributed by atoms with Gasteiger partial charge in [-0.25, -0.2) is 0 Å². The van der Waals surface area contributed by atoms with Crippen LogP contribution in [-0.4, -0.2) is 40.4 Å². The second-order valence-electron chi connectivity index (χ2n) is 4.79. The number of aromatic nitrogens is 1. The first kappa shape index (κ1) is 15.3. The molecule has 2 aromatic rings. The van der Waals surface area contributed by atoms with Crippen LogP contribution in [-0.2, 0) is 13.1 Å². The summed E-state index contributed by atoms with van der Waals surface area (Å²) in [6, 6.07) is 9.12. The molecule has 0 spiro atoms. The average Bonchev–Trinajstić information content (AvgIpc) is 2.50. The van der Waals surface area contributed by atoms with Crippen LogP contribution in [0.1, 0.15) is 11.1 Å². The highest BCUT2D eigenvalue weighted by molar-refractivity contribution is 5.39. The lowest BCUT2D eigenvalue weighted by atomic mass is 10.1. The first-order valence-corrected chi connectivity index (χ1v) is 6.81. The van der Waals surface area contributed by atoms with Gasteiger partial charge in [0.1, 0.15) is 11.5 Å². The summed E-state index contributed by atoms with van der Waals surface area (Å²) in [7, 11) is 1.56. The van der Waals surface area contributed by atoms with Crippen molar-refractivity contribution in [1.82, 2.24) is 9.88 Å². The van der Waals surface area contributed by atoms with Crippen LogP contribution in [0.3, 0.4) is 0 Å². The van der Waals surface area contributed by atoms with Crippen molar-refractivity contribution in [2.45, 2.75) is 13.1 Å². The fraction of sp³-hybridized carbons (Fsp3) is 0.312. The molecule has 0 bridgehead atoms. The van der Waals surface area contributed by atoms with E-state index in [0.717, 1.165) is 11.1 Å². The van der Waals surface area contributed by atoms with Crippen LogP contribution in [0.15, 0.2) is 42.7 Å². The number of aromatic hydroxyl groups is 1. The zero-order chi connectivity index (χ0) is 15.1. The highest BCUT2D eigenvalue weighted by atomic mass is 16.5. The molecule has 21 heavy (non-hydrogen) atoms. The van der Waals surface area contributed by atoms with Gasteiger partial charge in [0.25, 0.3) is 0 Å². The second-order valence-corrected chi connectivity index (χ2v) is 4.79. The smallest absolute Gasteiger partial charge is 0.123 e. The largest absolute Gasteiger partial charge is 0.507 e. The molecule has 5 heteroatoms. The molecule has 0 saturated carbocycles. The van der Waals surface area contributed by atoms with Gasteiger partial charge in [0, 0.05) is 43.7 Å². The molecule has 1 aromatic heterocycles. The summed E-state index contributed by atoms with van der Waals surface area (Å²) in [5.41, 5.74) is 1.87. The standard InChI is InChI=1S/C16H20N2O3/c1-21-15-5-4-14(16(20)9-15)12-18(7-8-19)11-13-3-2-6-17-10-13/h2-6,9-10,19-20H,7-8,11-12H2,1H3. The Balaban J connectivity index is 2.09. The topological polar surface area (TPSA) is 65.8 Å². The van der Waals surface area contributed by atoms with Crippen LogP contribution < -0.4 is 4.74 Å². The minimum Gasteiger partial charge on any atom is -0.507 e. The molecule has 5 nitrogen and oxygen atoms in total. The highest BCUT2D eigenvalue weighted by Gasteiger charge is 2.10. The predicted octanol–water partition coefficient (Wildman–Crippen LogP) is 1.79. The van der Waals surface area contributed by atoms with E-state index in [1.165, 1.54) is 0 Å². The molecule has 2 rings (SSSR count). The van der Waals surface area contributed by atoms with E-state index in [1.54, 1.807) is 25.6 Å². The first-order chi connectivity index (χ1) is 10.2. The lowest BCUT2D eigenvalue weighted by Crippen LogP contribution is -2.26. The maximum absolute atomic E-state index is 10.0. The van der Waals surface area contributed by atoms with Gasteiger partial charge in [-0.3, -0.25) is 9.88 Å². The van der Waals surface area contributed by atoms with Crippen LogP contribution in [0.5, 0.6) is 11.5 Å². The van der Waals surface area contributed by atoms with Crippen LogP contribution in [0.25, 0.3) is 0 Å². The Morgan fingerprint density at radius 2 is 2.10 bits per heavy atom. The van der Waals surface area contributed by atoms with E-state index in [1.807, 2.05) is 24.3 Å². The SMILES string of the molecule is COc1ccc(CN(CCO)Cc2cccnc2)c(O)c1. The summed E-state index contributed by atoms with van der Waals surface area (Å²) < 4.78 is 5.08. The van der Waals surface area contributed by atoms with Crippen LogP contribution in [0.4, 0.5) is 0 Å². The van der Waals surface area contributed by atoms with E-state index in [4.69, 9.17) is 4.74 Å². The van der Waals surface area contributed by atoms with Crippen molar-refractivity contribution >= 4 is 0 Å². The quantitative estimate of drug-likeness (QED) is 0.813. The van der Waals surface area contributed by atoms with E-state index >= 15 is 0 Å². The highest BCUT2D eigenvalue weighted by Crippen LogP contribution is 2.24. The molecule has 1 heterocycles. The number of phenols is 1. The van der Waals surface area contributed by atoms with E-state index in [-0.39, 0.29) is 12.4 Å². The number of phenolic OH excluding ortho intramolecular Hbond substituents is 1. The number of pyridine rings is 1. The maximum atomic E-state index is 10.0. The molecule has 0 radical (unpaired) electrons. The van der Waals surface area contributed by atoms with Crippen molar-refractivity contribution in [1.29, 1.82) is 0 Å². The number of aliphatic hydroxyl groups excluding tert-OH is 1. The lowest BCUT2D eigenvalue weighted by molar-refractivity contribution is 0.183. The predicted molar refractivity (Wildman–Crippen MR) is 80.1 cm³/mol. The molecule has 0 atom stereocenters. The normalized spacial score (nSPS) is 10.8. The number of aliphatic hydroxyl groups is 1. The number of rotatable bonds is 7. The van der Waals surface area contributed by atoms with E-state index in [9.17, 15) is 10.2 Å². The third-order valence-corrected chi connectivity index (χ3v) is 3.23. The van der Waals surface area contributed by atoms with E-state index < -0.39 is 0 Å². The van der Waals surface area contributed by atoms with Crippen molar-refractivity contribution in [3.05, 3.63) is 53.9 Å². The van der Waals surface area contributed by atoms with Gasteiger partial charge in [0.05, 0.1) is 13.7 Å². The fourth-order valence-corrected chi connectivity index (χ4v) is 2.15. The van der Waals surface area contributed by atoms with E-state index in [0.29, 0.717) is 25.4 Å². The molecule has 1 aromatic carbocycles. The molecule has 2 N–H and O–H groups in total. The van der Waals surface area contributed by atoms with Gasteiger partial charge in [0.2, 0.25) is 0 Å². The van der Waals surface area contributed by atoms with Gasteiger partial charge in [-0.2, -0.15) is 0 Å². The number of methoxy groups -OCH3 is 1. The molecular weight excluding hydrogens is 268 g/mol. The Morgan fingerprint density at radius 3 is 2.71 bits per heavy atom. The Morgan fingerprint density at radius 1 is 1.24 bits per heavy atom. The van der Waals surface area contributed by atoms with Gasteiger partial charge in [0.15, 0.2) is 0 Å². The summed E-state index contributed by atoms with van der Waals surface area (Å²) in [5.74, 6) is 0.820. The molecule has 0 aliphatic heterocycles. The number of ether oxygens (including phenoxy) is 1. The summed E-state index contributed by atoms with van der Waals surface area (Å²) in [5, 5.41) is 19.2. The van der Waals surface area contributed by atoms with Gasteiger partial charge < -0.3 is 14.9 Å². The Labute approximate surface area is 124 Å². The molecule has 0 amide bonds. The van der Waals surface area contributed by atoms with Crippen LogP contribution in [0, 0.1) is 0 Å². The number of hydrogen-bond acceptors (Lipinski definition) is 5. The van der Waals surface area contributed by atoms with Crippen molar-refractivity contribution in [3.8, 4) is 11.5 Å². The molecule has 112 valence electrons. The van der Waals surface area contributed by atoms with E-state index in [2.05, 4.69) is 9.88 Å². The summed E-state index contributed by atoms with van der Waals surface area (Å²) in [4.78, 5) is 6.14. The van der Waals surface area contributed by atoms with Crippen molar-refractivity contribution in [2.75, 3.05) is 20.3 Å². The summed E-state index contributed by atoms with van der Waals surface area (Å²) in [6.45, 7) is 1.81. The average molecular weight is 288 g/mol. The Hall–Kier alpha value is -2.11. The Bertz CT molecular complexity index is 561. The van der Waals surface area contributed by atoms with Gasteiger partial charge >= 0.3 is 0 Å². The van der Waals surface area contributed by atoms with Crippen molar-refractivity contribution in [3.63, 3.8) is 0 Å². The van der Waals surface area contributed by atoms with Crippen molar-refractivity contribution in [2.24, 2.45) is 0 Å². The number of nitrogens with zero attached hydrogens (tertiary/aromatic N) is 2. The minimum absolute atomic E-state index is 0.0666. The van der Waals surface area contributed by atoms with Crippen molar-refractivity contribution < 1.29 is 14.9 Å². The zero-order valence-corrected chi connectivity index (χ0v) is 12.1. The molecule has 0 fully saturated rings. The minimum atomic E-state index is 0.0666. The van der Waals surface area contributed by atoms with Gasteiger partial charge in [-0.15, -0.1) is 0 Å².